The average Bonchev–Trinajstić information content (AvgIpc) is 3.15. The van der Waals surface area contributed by atoms with Gasteiger partial charge in [-0.1, -0.05) is 0 Å². The third-order valence-corrected chi connectivity index (χ3v) is 5.03. The van der Waals surface area contributed by atoms with Crippen LogP contribution in [0.25, 0.3) is 6.08 Å². The molecule has 25 heavy (non-hydrogen) atoms. The Morgan fingerprint density at radius 3 is 2.96 bits per heavy atom. The van der Waals surface area contributed by atoms with Crippen molar-refractivity contribution in [2.24, 2.45) is 0 Å². The van der Waals surface area contributed by atoms with E-state index >= 15 is 0 Å². The fourth-order valence-electron chi connectivity index (χ4n) is 3.07. The Morgan fingerprint density at radius 1 is 1.52 bits per heavy atom. The molecule has 3 rings (SSSR count). The number of nitrogens with zero attached hydrogens (tertiary/aromatic N) is 4. The molecule has 8 nitrogen and oxygen atoms in total. The quantitative estimate of drug-likeness (QED) is 0.806. The van der Waals surface area contributed by atoms with E-state index in [2.05, 4.69) is 15.3 Å². The van der Waals surface area contributed by atoms with Gasteiger partial charge in [0.25, 0.3) is 11.1 Å². The molecule has 0 radical (unpaired) electrons. The van der Waals surface area contributed by atoms with Gasteiger partial charge in [0.15, 0.2) is 0 Å². The van der Waals surface area contributed by atoms with E-state index < -0.39 is 5.91 Å². The van der Waals surface area contributed by atoms with E-state index in [4.69, 9.17) is 0 Å². The number of imide groups is 1. The Balaban J connectivity index is 1.74. The highest BCUT2D eigenvalue weighted by atomic mass is 32.2. The minimum Gasteiger partial charge on any atom is -0.339 e. The highest BCUT2D eigenvalue weighted by Crippen LogP contribution is 2.26. The van der Waals surface area contributed by atoms with E-state index in [0.29, 0.717) is 29.6 Å². The number of carbonyl (C=O) groups excluding carboxylic acids is 3. The second-order valence-electron chi connectivity index (χ2n) is 5.83. The van der Waals surface area contributed by atoms with E-state index in [9.17, 15) is 14.4 Å². The third-order valence-electron chi connectivity index (χ3n) is 4.22. The lowest BCUT2D eigenvalue weighted by atomic mass is 10.2. The van der Waals surface area contributed by atoms with E-state index in [1.807, 2.05) is 16.7 Å². The highest BCUT2D eigenvalue weighted by Gasteiger charge is 2.30. The normalized spacial score (nSPS) is 21.8. The molecule has 2 saturated heterocycles. The second-order valence-corrected chi connectivity index (χ2v) is 6.84. The molecule has 1 N–H and O–H groups in total. The lowest BCUT2D eigenvalue weighted by Gasteiger charge is -2.26. The number of thioether (sulfide) groups is 1. The topological polar surface area (TPSA) is 95.5 Å². The lowest BCUT2D eigenvalue weighted by Crippen LogP contribution is -2.40. The van der Waals surface area contributed by atoms with Crippen molar-refractivity contribution in [3.05, 3.63) is 22.9 Å². The number of amides is 3. The fraction of sp³-hybridized carbons (Fsp3) is 0.438. The summed E-state index contributed by atoms with van der Waals surface area (Å²) in [6, 6.07) is 1.84. The standard InChI is InChI=1S/C16H19N5O3S/c1-3-21(10(2)22)12-5-7-20(9-12)15-17-6-4-11(18-15)8-13-14(23)19-16(24)25-13/h4,6,8,12H,3,5,7,9H2,1-2H3,(H,19,23,24)/b13-8-. The van der Waals surface area contributed by atoms with Crippen LogP contribution in [-0.4, -0.2) is 57.6 Å². The van der Waals surface area contributed by atoms with Gasteiger partial charge in [-0.2, -0.15) is 0 Å². The third kappa shape index (κ3) is 3.81. The zero-order valence-corrected chi connectivity index (χ0v) is 14.9. The molecule has 3 amide bonds. The maximum absolute atomic E-state index is 11.7. The second kappa shape index (κ2) is 7.22. The van der Waals surface area contributed by atoms with Crippen LogP contribution in [0, 0.1) is 0 Å². The van der Waals surface area contributed by atoms with Gasteiger partial charge >= 0.3 is 0 Å². The first-order valence-corrected chi connectivity index (χ1v) is 8.89. The van der Waals surface area contributed by atoms with Crippen LogP contribution >= 0.6 is 11.8 Å². The molecule has 2 aliphatic heterocycles. The molecule has 0 aromatic carbocycles. The van der Waals surface area contributed by atoms with Gasteiger partial charge in [-0.25, -0.2) is 9.97 Å². The number of aromatic nitrogens is 2. The molecule has 1 aromatic rings. The van der Waals surface area contributed by atoms with Crippen LogP contribution in [-0.2, 0) is 9.59 Å². The van der Waals surface area contributed by atoms with Crippen LogP contribution in [0.5, 0.6) is 0 Å². The van der Waals surface area contributed by atoms with E-state index in [1.165, 1.54) is 0 Å². The molecule has 0 aliphatic carbocycles. The first-order chi connectivity index (χ1) is 12.0. The molecule has 0 spiro atoms. The molecular formula is C16H19N5O3S. The minimum atomic E-state index is -0.406. The van der Waals surface area contributed by atoms with Crippen molar-refractivity contribution in [1.82, 2.24) is 20.2 Å². The summed E-state index contributed by atoms with van der Waals surface area (Å²) in [4.78, 5) is 47.6. The lowest BCUT2D eigenvalue weighted by molar-refractivity contribution is -0.130. The summed E-state index contributed by atoms with van der Waals surface area (Å²) in [7, 11) is 0. The number of hydrogen-bond donors (Lipinski definition) is 1. The summed E-state index contributed by atoms with van der Waals surface area (Å²) in [5, 5.41) is 1.84. The zero-order chi connectivity index (χ0) is 18.0. The maximum atomic E-state index is 11.7. The largest absolute Gasteiger partial charge is 0.339 e. The van der Waals surface area contributed by atoms with Crippen molar-refractivity contribution in [2.75, 3.05) is 24.5 Å². The molecule has 0 saturated carbocycles. The number of nitrogens with one attached hydrogen (secondary N) is 1. The predicted octanol–water partition coefficient (Wildman–Crippen LogP) is 1.25. The molecule has 132 valence electrons. The molecule has 9 heteroatoms. The number of anilines is 1. The molecule has 2 aliphatic rings. The SMILES string of the molecule is CCN(C(C)=O)C1CCN(c2nccc(/C=C3\SC(=O)NC3=O)n2)C1. The van der Waals surface area contributed by atoms with Crippen LogP contribution in [0.15, 0.2) is 17.2 Å². The zero-order valence-electron chi connectivity index (χ0n) is 14.1. The minimum absolute atomic E-state index is 0.0719. The molecule has 1 unspecified atom stereocenters. The maximum Gasteiger partial charge on any atom is 0.290 e. The molecule has 0 bridgehead atoms. The number of rotatable bonds is 4. The Bertz CT molecular complexity index is 751. The van der Waals surface area contributed by atoms with Crippen molar-refractivity contribution in [3.8, 4) is 0 Å². The van der Waals surface area contributed by atoms with Gasteiger partial charge < -0.3 is 9.80 Å². The molecule has 1 aromatic heterocycles. The van der Waals surface area contributed by atoms with Gasteiger partial charge in [-0.3, -0.25) is 19.7 Å². The van der Waals surface area contributed by atoms with Crippen LogP contribution in [0.4, 0.5) is 10.7 Å². The summed E-state index contributed by atoms with van der Waals surface area (Å²) in [5.41, 5.74) is 0.569. The van der Waals surface area contributed by atoms with Crippen LogP contribution < -0.4 is 10.2 Å². The van der Waals surface area contributed by atoms with Gasteiger partial charge in [0.2, 0.25) is 11.9 Å². The van der Waals surface area contributed by atoms with E-state index in [0.717, 1.165) is 24.7 Å². The molecule has 1 atom stereocenters. The van der Waals surface area contributed by atoms with E-state index in [-0.39, 0.29) is 17.2 Å². The Morgan fingerprint density at radius 2 is 2.32 bits per heavy atom. The molecular weight excluding hydrogens is 342 g/mol. The Hall–Kier alpha value is -2.42. The average molecular weight is 361 g/mol. The van der Waals surface area contributed by atoms with Crippen molar-refractivity contribution in [3.63, 3.8) is 0 Å². The van der Waals surface area contributed by atoms with Crippen LogP contribution in [0.3, 0.4) is 0 Å². The summed E-state index contributed by atoms with van der Waals surface area (Å²) >= 11 is 0.860. The van der Waals surface area contributed by atoms with Gasteiger partial charge in [-0.15, -0.1) is 0 Å². The summed E-state index contributed by atoms with van der Waals surface area (Å²) in [6.45, 7) is 5.69. The van der Waals surface area contributed by atoms with Crippen molar-refractivity contribution in [2.45, 2.75) is 26.3 Å². The summed E-state index contributed by atoms with van der Waals surface area (Å²) < 4.78 is 0. The summed E-state index contributed by atoms with van der Waals surface area (Å²) in [6.07, 6.45) is 4.08. The summed E-state index contributed by atoms with van der Waals surface area (Å²) in [5.74, 6) is 0.227. The van der Waals surface area contributed by atoms with Crippen molar-refractivity contribution >= 4 is 40.8 Å². The van der Waals surface area contributed by atoms with Gasteiger partial charge in [0.05, 0.1) is 16.6 Å². The van der Waals surface area contributed by atoms with Crippen molar-refractivity contribution in [1.29, 1.82) is 0 Å². The van der Waals surface area contributed by atoms with Gasteiger partial charge in [-0.05, 0) is 37.2 Å². The number of likely N-dealkylation sites (N-methyl/N-ethyl adjacent to an activating group) is 1. The number of carbonyl (C=O) groups is 3. The highest BCUT2D eigenvalue weighted by molar-refractivity contribution is 8.18. The van der Waals surface area contributed by atoms with E-state index in [1.54, 1.807) is 25.3 Å². The van der Waals surface area contributed by atoms with Crippen molar-refractivity contribution < 1.29 is 14.4 Å². The first kappa shape index (κ1) is 17.4. The smallest absolute Gasteiger partial charge is 0.290 e. The molecule has 3 heterocycles. The van der Waals surface area contributed by atoms with Crippen LogP contribution in [0.2, 0.25) is 0 Å². The van der Waals surface area contributed by atoms with Gasteiger partial charge in [0.1, 0.15) is 0 Å². The molecule has 2 fully saturated rings. The fourth-order valence-corrected chi connectivity index (χ4v) is 3.73. The Kier molecular flexibility index (Phi) is 5.03. The number of hydrogen-bond acceptors (Lipinski definition) is 7. The predicted molar refractivity (Wildman–Crippen MR) is 94.8 cm³/mol. The monoisotopic (exact) mass is 361 g/mol. The Labute approximate surface area is 149 Å². The van der Waals surface area contributed by atoms with Gasteiger partial charge in [0, 0.05) is 32.8 Å². The van der Waals surface area contributed by atoms with Crippen LogP contribution in [0.1, 0.15) is 26.0 Å². The first-order valence-electron chi connectivity index (χ1n) is 8.08.